The van der Waals surface area contributed by atoms with Crippen molar-refractivity contribution < 1.29 is 32.2 Å². The van der Waals surface area contributed by atoms with Gasteiger partial charge in [0.15, 0.2) is 0 Å². The number of esters is 1. The molecule has 0 saturated carbocycles. The zero-order chi connectivity index (χ0) is 19.3. The third kappa shape index (κ3) is 5.61. The summed E-state index contributed by atoms with van der Waals surface area (Å²) < 4.78 is 46.5. The number of halogens is 3. The number of imidazole rings is 1. The number of ketones is 1. The predicted octanol–water partition coefficient (Wildman–Crippen LogP) is 2.85. The van der Waals surface area contributed by atoms with Gasteiger partial charge in [-0.3, -0.25) is 4.79 Å². The highest BCUT2D eigenvalue weighted by atomic mass is 19.4. The van der Waals surface area contributed by atoms with Gasteiger partial charge >= 0.3 is 12.3 Å². The number of hydrogen-bond donors (Lipinski definition) is 0. The van der Waals surface area contributed by atoms with Crippen LogP contribution in [-0.2, 0) is 29.4 Å². The molecule has 0 bridgehead atoms. The molecular weight excluding hydrogens is 353 g/mol. The molecule has 26 heavy (non-hydrogen) atoms. The smallest absolute Gasteiger partial charge is 0.460 e. The predicted molar refractivity (Wildman–Crippen MR) is 84.7 cm³/mol. The molecule has 2 rings (SSSR count). The van der Waals surface area contributed by atoms with Crippen LogP contribution in [0.3, 0.4) is 0 Å². The maximum Gasteiger partial charge on any atom is 0.573 e. The summed E-state index contributed by atoms with van der Waals surface area (Å²) in [7, 11) is 1.62. The molecule has 0 aliphatic carbocycles. The number of carbonyl (C=O) groups excluding carboxylic acids is 2. The number of Topliss-reactive ketones (excluding diaryl/α,β-unsaturated/α-hetero) is 1. The van der Waals surface area contributed by atoms with Gasteiger partial charge in [0.1, 0.15) is 11.5 Å². The Morgan fingerprint density at radius 2 is 1.81 bits per heavy atom. The Labute approximate surface area is 147 Å². The van der Waals surface area contributed by atoms with Gasteiger partial charge in [-0.1, -0.05) is 12.1 Å². The molecule has 1 aromatic carbocycles. The molecule has 0 aliphatic heterocycles. The summed E-state index contributed by atoms with van der Waals surface area (Å²) in [5.74, 6) is -1.02. The number of aryl methyl sites for hydroxylation is 1. The average molecular weight is 370 g/mol. The first-order valence-electron chi connectivity index (χ1n) is 7.73. The fourth-order valence-corrected chi connectivity index (χ4v) is 2.30. The number of benzene rings is 1. The number of rotatable bonds is 7. The van der Waals surface area contributed by atoms with Crippen molar-refractivity contribution in [1.29, 1.82) is 0 Å². The maximum absolute atomic E-state index is 12.1. The number of nitrogens with zero attached hydrogens (tertiary/aromatic N) is 2. The molecule has 0 spiro atoms. The Bertz CT molecular complexity index is 782. The van der Waals surface area contributed by atoms with Crippen LogP contribution in [0.25, 0.3) is 0 Å². The van der Waals surface area contributed by atoms with Crippen molar-refractivity contribution in [2.75, 3.05) is 6.61 Å². The minimum atomic E-state index is -4.76. The molecule has 1 aromatic heterocycles. The maximum atomic E-state index is 12.1. The number of alkyl halides is 3. The fourth-order valence-electron chi connectivity index (χ4n) is 2.30. The summed E-state index contributed by atoms with van der Waals surface area (Å²) in [6, 6.07) is 5.08. The van der Waals surface area contributed by atoms with E-state index in [-0.39, 0.29) is 36.8 Å². The van der Waals surface area contributed by atoms with Gasteiger partial charge in [-0.2, -0.15) is 0 Å². The van der Waals surface area contributed by atoms with Gasteiger partial charge in [0.05, 0.1) is 18.7 Å². The third-order valence-electron chi connectivity index (χ3n) is 3.32. The van der Waals surface area contributed by atoms with Crippen LogP contribution in [0.1, 0.15) is 28.8 Å². The highest BCUT2D eigenvalue weighted by Gasteiger charge is 2.31. The van der Waals surface area contributed by atoms with Gasteiger partial charge in [0.25, 0.3) is 0 Å². The topological polar surface area (TPSA) is 70.4 Å². The summed E-state index contributed by atoms with van der Waals surface area (Å²) in [4.78, 5) is 27.9. The molecule has 140 valence electrons. The van der Waals surface area contributed by atoms with Gasteiger partial charge in [-0.15, -0.1) is 13.2 Å². The molecule has 9 heteroatoms. The summed E-state index contributed by atoms with van der Waals surface area (Å²) in [6.07, 6.45) is -3.18. The van der Waals surface area contributed by atoms with Crippen molar-refractivity contribution in [2.45, 2.75) is 26.1 Å². The average Bonchev–Trinajstić information content (AvgIpc) is 2.88. The normalized spacial score (nSPS) is 11.3. The molecule has 0 N–H and O–H groups in total. The van der Waals surface area contributed by atoms with Crippen LogP contribution in [0.15, 0.2) is 30.5 Å². The van der Waals surface area contributed by atoms with Crippen LogP contribution in [0, 0.1) is 0 Å². The number of ether oxygens (including phenoxy) is 2. The van der Waals surface area contributed by atoms with Crippen LogP contribution in [-0.4, -0.2) is 34.3 Å². The van der Waals surface area contributed by atoms with Crippen molar-refractivity contribution in [2.24, 2.45) is 7.05 Å². The molecule has 0 saturated heterocycles. The first-order valence-corrected chi connectivity index (χ1v) is 7.73. The lowest BCUT2D eigenvalue weighted by Crippen LogP contribution is -2.17. The minimum absolute atomic E-state index is 0.00591. The van der Waals surface area contributed by atoms with Crippen LogP contribution >= 0.6 is 0 Å². The van der Waals surface area contributed by atoms with Gasteiger partial charge in [0, 0.05) is 19.7 Å². The Balaban J connectivity index is 1.96. The Morgan fingerprint density at radius 3 is 2.38 bits per heavy atom. The number of carbonyl (C=O) groups is 2. The van der Waals surface area contributed by atoms with Crippen molar-refractivity contribution >= 4 is 11.8 Å². The molecule has 0 amide bonds. The molecule has 1 heterocycles. The first kappa shape index (κ1) is 19.5. The molecule has 0 fully saturated rings. The van der Waals surface area contributed by atoms with Crippen LogP contribution in [0.4, 0.5) is 13.2 Å². The quantitative estimate of drug-likeness (QED) is 0.701. The van der Waals surface area contributed by atoms with Crippen LogP contribution in [0.2, 0.25) is 0 Å². The monoisotopic (exact) mass is 370 g/mol. The fraction of sp³-hybridized carbons (Fsp3) is 0.353. The minimum Gasteiger partial charge on any atom is -0.460 e. The van der Waals surface area contributed by atoms with Gasteiger partial charge in [-0.25, -0.2) is 9.78 Å². The highest BCUT2D eigenvalue weighted by molar-refractivity contribution is 5.86. The second-order valence-corrected chi connectivity index (χ2v) is 5.47. The van der Waals surface area contributed by atoms with E-state index >= 15 is 0 Å². The summed E-state index contributed by atoms with van der Waals surface area (Å²) in [5, 5.41) is 0. The lowest BCUT2D eigenvalue weighted by atomic mass is 10.1. The van der Waals surface area contributed by atoms with Gasteiger partial charge < -0.3 is 14.0 Å². The van der Waals surface area contributed by atoms with Gasteiger partial charge in [-0.05, 0) is 24.6 Å². The van der Waals surface area contributed by atoms with E-state index in [9.17, 15) is 22.8 Å². The highest BCUT2D eigenvalue weighted by Crippen LogP contribution is 2.23. The second kappa shape index (κ2) is 8.03. The van der Waals surface area contributed by atoms with E-state index in [1.54, 1.807) is 20.2 Å². The van der Waals surface area contributed by atoms with E-state index < -0.39 is 12.3 Å². The molecule has 0 radical (unpaired) electrons. The molecule has 6 nitrogen and oxygen atoms in total. The Morgan fingerprint density at radius 1 is 1.15 bits per heavy atom. The summed E-state index contributed by atoms with van der Waals surface area (Å²) in [6.45, 7) is 1.89. The van der Waals surface area contributed by atoms with E-state index in [2.05, 4.69) is 9.72 Å². The zero-order valence-electron chi connectivity index (χ0n) is 14.2. The second-order valence-electron chi connectivity index (χ2n) is 5.47. The van der Waals surface area contributed by atoms with Crippen LogP contribution in [0.5, 0.6) is 5.75 Å². The largest absolute Gasteiger partial charge is 0.573 e. The third-order valence-corrected chi connectivity index (χ3v) is 3.32. The van der Waals surface area contributed by atoms with Gasteiger partial charge in [0.2, 0.25) is 5.82 Å². The van der Waals surface area contributed by atoms with E-state index in [0.717, 1.165) is 12.1 Å². The number of hydrogen-bond acceptors (Lipinski definition) is 5. The summed E-state index contributed by atoms with van der Waals surface area (Å²) in [5.41, 5.74) is 0.962. The summed E-state index contributed by atoms with van der Waals surface area (Å²) >= 11 is 0. The van der Waals surface area contributed by atoms with Crippen molar-refractivity contribution in [1.82, 2.24) is 9.55 Å². The molecule has 0 atom stereocenters. The van der Waals surface area contributed by atoms with Crippen molar-refractivity contribution in [3.63, 3.8) is 0 Å². The first-order chi connectivity index (χ1) is 12.2. The number of aromatic nitrogens is 2. The Hall–Kier alpha value is -2.84. The molecule has 0 unspecified atom stereocenters. The lowest BCUT2D eigenvalue weighted by Gasteiger charge is -2.09. The van der Waals surface area contributed by atoms with E-state index in [1.807, 2.05) is 0 Å². The lowest BCUT2D eigenvalue weighted by molar-refractivity contribution is -0.274. The SMILES string of the molecule is CCOC(=O)c1nc(CC(=O)Cc2ccc(OC(F)(F)F)cc2)cn1C. The van der Waals surface area contributed by atoms with E-state index in [4.69, 9.17) is 4.74 Å². The standard InChI is InChI=1S/C17H17F3N2O4/c1-3-25-16(24)15-21-12(10-22(15)2)9-13(23)8-11-4-6-14(7-5-11)26-17(18,19)20/h4-7,10H,3,8-9H2,1-2H3. The van der Waals surface area contributed by atoms with Crippen molar-refractivity contribution in [3.8, 4) is 5.75 Å². The van der Waals surface area contributed by atoms with Crippen LogP contribution < -0.4 is 4.74 Å². The molecule has 2 aromatic rings. The zero-order valence-corrected chi connectivity index (χ0v) is 14.2. The van der Waals surface area contributed by atoms with Crippen molar-refractivity contribution in [3.05, 3.63) is 47.5 Å². The van der Waals surface area contributed by atoms with E-state index in [0.29, 0.717) is 11.3 Å². The molecule has 0 aliphatic rings. The molecular formula is C17H17F3N2O4. The van der Waals surface area contributed by atoms with E-state index in [1.165, 1.54) is 16.7 Å². The Kier molecular flexibility index (Phi) is 6.01.